The van der Waals surface area contributed by atoms with E-state index in [0.717, 1.165) is 48.1 Å². The molecule has 3 aromatic rings. The summed E-state index contributed by atoms with van der Waals surface area (Å²) in [6.45, 7) is 2.13. The predicted octanol–water partition coefficient (Wildman–Crippen LogP) is 6.72. The summed E-state index contributed by atoms with van der Waals surface area (Å²) in [7, 11) is 0. The molecule has 0 bridgehead atoms. The van der Waals surface area contributed by atoms with Gasteiger partial charge in [-0.2, -0.15) is 0 Å². The van der Waals surface area contributed by atoms with Crippen molar-refractivity contribution in [2.24, 2.45) is 0 Å². The van der Waals surface area contributed by atoms with Crippen LogP contribution in [-0.4, -0.2) is 6.36 Å². The van der Waals surface area contributed by atoms with Crippen LogP contribution in [0.1, 0.15) is 23.6 Å². The molecule has 0 saturated heterocycles. The molecule has 1 aliphatic carbocycles. The normalized spacial score (nSPS) is 13.0. The summed E-state index contributed by atoms with van der Waals surface area (Å²) >= 11 is 0. The standard InChI is InChI=1S/C23H18F4O/c1-2-14-3-8-19-17(11-14)4-5-18-12-15(6-9-20(18)19)16-7-10-22(21(24)13-16)28-23(25,26)27/h3,6-13H,2,4-5H2,1H3. The van der Waals surface area contributed by atoms with Gasteiger partial charge in [-0.05, 0) is 70.3 Å². The lowest BCUT2D eigenvalue weighted by molar-refractivity contribution is -0.275. The molecule has 0 N–H and O–H groups in total. The number of benzene rings is 3. The Morgan fingerprint density at radius 2 is 1.43 bits per heavy atom. The molecule has 1 aliphatic rings. The largest absolute Gasteiger partial charge is 0.573 e. The van der Waals surface area contributed by atoms with Gasteiger partial charge in [0.2, 0.25) is 0 Å². The molecule has 0 unspecified atom stereocenters. The third kappa shape index (κ3) is 3.61. The van der Waals surface area contributed by atoms with E-state index in [1.54, 1.807) is 0 Å². The van der Waals surface area contributed by atoms with E-state index in [4.69, 9.17) is 0 Å². The Balaban J connectivity index is 1.67. The van der Waals surface area contributed by atoms with Gasteiger partial charge < -0.3 is 4.74 Å². The van der Waals surface area contributed by atoms with Crippen molar-refractivity contribution >= 4 is 0 Å². The lowest BCUT2D eigenvalue weighted by Crippen LogP contribution is -2.17. The van der Waals surface area contributed by atoms with E-state index < -0.39 is 17.9 Å². The predicted molar refractivity (Wildman–Crippen MR) is 101 cm³/mol. The minimum absolute atomic E-state index is 0.516. The van der Waals surface area contributed by atoms with Crippen molar-refractivity contribution in [2.45, 2.75) is 32.5 Å². The summed E-state index contributed by atoms with van der Waals surface area (Å²) in [6, 6.07) is 15.9. The lowest BCUT2D eigenvalue weighted by Gasteiger charge is -2.21. The molecule has 144 valence electrons. The number of hydrogen-bond donors (Lipinski definition) is 0. The number of fused-ring (bicyclic) bond motifs is 3. The second kappa shape index (κ2) is 6.97. The fourth-order valence-electron chi connectivity index (χ4n) is 3.74. The van der Waals surface area contributed by atoms with Crippen molar-refractivity contribution in [3.05, 3.63) is 77.1 Å². The van der Waals surface area contributed by atoms with Gasteiger partial charge in [0, 0.05) is 0 Å². The molecule has 1 nitrogen and oxygen atoms in total. The van der Waals surface area contributed by atoms with Crippen LogP contribution in [0.4, 0.5) is 17.6 Å². The first-order valence-electron chi connectivity index (χ1n) is 9.15. The maximum absolute atomic E-state index is 14.0. The highest BCUT2D eigenvalue weighted by molar-refractivity contribution is 5.77. The highest BCUT2D eigenvalue weighted by atomic mass is 19.4. The number of hydrogen-bond acceptors (Lipinski definition) is 1. The van der Waals surface area contributed by atoms with Crippen LogP contribution >= 0.6 is 0 Å². The van der Waals surface area contributed by atoms with Crippen LogP contribution in [-0.2, 0) is 19.3 Å². The van der Waals surface area contributed by atoms with Crippen LogP contribution in [0.2, 0.25) is 0 Å². The molecule has 0 aromatic heterocycles. The van der Waals surface area contributed by atoms with E-state index in [1.807, 2.05) is 18.2 Å². The molecule has 28 heavy (non-hydrogen) atoms. The summed E-state index contributed by atoms with van der Waals surface area (Å²) in [5.74, 6) is -1.86. The van der Waals surface area contributed by atoms with Gasteiger partial charge in [0.15, 0.2) is 11.6 Å². The molecule has 5 heteroatoms. The van der Waals surface area contributed by atoms with Gasteiger partial charge in [-0.25, -0.2) is 4.39 Å². The SMILES string of the molecule is CCc1ccc2c(c1)CCc1cc(-c3ccc(OC(F)(F)F)c(F)c3)ccc1-2. The first-order valence-corrected chi connectivity index (χ1v) is 9.15. The molecule has 0 amide bonds. The number of alkyl halides is 3. The molecule has 0 radical (unpaired) electrons. The Morgan fingerprint density at radius 3 is 2.07 bits per heavy atom. The Hall–Kier alpha value is -2.82. The van der Waals surface area contributed by atoms with Crippen LogP contribution in [0.15, 0.2) is 54.6 Å². The van der Waals surface area contributed by atoms with E-state index >= 15 is 0 Å². The smallest absolute Gasteiger partial charge is 0.403 e. The van der Waals surface area contributed by atoms with Crippen LogP contribution < -0.4 is 4.74 Å². The third-order valence-corrected chi connectivity index (χ3v) is 5.13. The Kier molecular flexibility index (Phi) is 4.61. The van der Waals surface area contributed by atoms with Gasteiger partial charge in [0.1, 0.15) is 0 Å². The van der Waals surface area contributed by atoms with Crippen LogP contribution in [0.25, 0.3) is 22.3 Å². The molecule has 0 atom stereocenters. The van der Waals surface area contributed by atoms with Crippen LogP contribution in [0.3, 0.4) is 0 Å². The number of halogens is 4. The summed E-state index contributed by atoms with van der Waals surface area (Å²) in [5.41, 5.74) is 7.46. The first kappa shape index (κ1) is 18.5. The monoisotopic (exact) mass is 386 g/mol. The van der Waals surface area contributed by atoms with Gasteiger partial charge in [0.25, 0.3) is 0 Å². The fraction of sp³-hybridized carbons (Fsp3) is 0.217. The average molecular weight is 386 g/mol. The number of ether oxygens (including phenoxy) is 1. The van der Waals surface area contributed by atoms with E-state index in [1.165, 1.54) is 22.8 Å². The van der Waals surface area contributed by atoms with Gasteiger partial charge in [-0.1, -0.05) is 49.4 Å². The second-order valence-electron chi connectivity index (χ2n) is 6.91. The summed E-state index contributed by atoms with van der Waals surface area (Å²) in [5, 5.41) is 0. The summed E-state index contributed by atoms with van der Waals surface area (Å²) in [6.07, 6.45) is -2.11. The molecule has 0 aliphatic heterocycles. The second-order valence-corrected chi connectivity index (χ2v) is 6.91. The van der Waals surface area contributed by atoms with E-state index in [2.05, 4.69) is 29.9 Å². The Bertz CT molecular complexity index is 1040. The van der Waals surface area contributed by atoms with Crippen LogP contribution in [0, 0.1) is 5.82 Å². The highest BCUT2D eigenvalue weighted by Gasteiger charge is 2.32. The van der Waals surface area contributed by atoms with Crippen molar-refractivity contribution < 1.29 is 22.3 Å². The molecule has 0 heterocycles. The van der Waals surface area contributed by atoms with Crippen LogP contribution in [0.5, 0.6) is 5.75 Å². The van der Waals surface area contributed by atoms with Crippen molar-refractivity contribution in [2.75, 3.05) is 0 Å². The quantitative estimate of drug-likeness (QED) is 0.454. The average Bonchev–Trinajstić information content (AvgIpc) is 2.67. The number of rotatable bonds is 3. The minimum Gasteiger partial charge on any atom is -0.403 e. The molecule has 3 aromatic carbocycles. The van der Waals surface area contributed by atoms with Gasteiger partial charge in [-0.3, -0.25) is 0 Å². The first-order chi connectivity index (χ1) is 13.3. The third-order valence-electron chi connectivity index (χ3n) is 5.13. The van der Waals surface area contributed by atoms with Gasteiger partial charge in [-0.15, -0.1) is 13.2 Å². The highest BCUT2D eigenvalue weighted by Crippen LogP contribution is 2.37. The van der Waals surface area contributed by atoms with Crippen molar-refractivity contribution in [1.82, 2.24) is 0 Å². The van der Waals surface area contributed by atoms with E-state index in [-0.39, 0.29) is 0 Å². The molecule has 0 fully saturated rings. The summed E-state index contributed by atoms with van der Waals surface area (Å²) < 4.78 is 54.7. The van der Waals surface area contributed by atoms with E-state index in [0.29, 0.717) is 5.56 Å². The molecule has 4 rings (SSSR count). The zero-order valence-corrected chi connectivity index (χ0v) is 15.2. The molecule has 0 spiro atoms. The zero-order chi connectivity index (χ0) is 19.9. The maximum atomic E-state index is 14.0. The zero-order valence-electron chi connectivity index (χ0n) is 15.2. The van der Waals surface area contributed by atoms with Crippen molar-refractivity contribution in [1.29, 1.82) is 0 Å². The Labute approximate surface area is 160 Å². The van der Waals surface area contributed by atoms with Crippen molar-refractivity contribution in [3.63, 3.8) is 0 Å². The molecule has 0 saturated carbocycles. The van der Waals surface area contributed by atoms with Crippen molar-refractivity contribution in [3.8, 4) is 28.0 Å². The lowest BCUT2D eigenvalue weighted by atomic mass is 9.83. The van der Waals surface area contributed by atoms with E-state index in [9.17, 15) is 17.6 Å². The van der Waals surface area contributed by atoms with Gasteiger partial charge >= 0.3 is 6.36 Å². The molecular formula is C23H18F4O. The molecular weight excluding hydrogens is 368 g/mol. The fourth-order valence-corrected chi connectivity index (χ4v) is 3.74. The summed E-state index contributed by atoms with van der Waals surface area (Å²) in [4.78, 5) is 0. The number of aryl methyl sites for hydroxylation is 3. The van der Waals surface area contributed by atoms with Gasteiger partial charge in [0.05, 0.1) is 0 Å². The minimum atomic E-state index is -4.92. The Morgan fingerprint density at radius 1 is 0.821 bits per heavy atom. The maximum Gasteiger partial charge on any atom is 0.573 e. The topological polar surface area (TPSA) is 9.23 Å².